The molecule has 0 radical (unpaired) electrons. The largest absolute Gasteiger partial charge is 0.481 e. The van der Waals surface area contributed by atoms with Gasteiger partial charge in [0.05, 0.1) is 44.8 Å². The van der Waals surface area contributed by atoms with E-state index in [9.17, 15) is 102 Å². The van der Waals surface area contributed by atoms with Crippen LogP contribution in [0.15, 0.2) is 4.99 Å². The van der Waals surface area contributed by atoms with Crippen molar-refractivity contribution >= 4 is 118 Å². The number of thioether (sulfide) groups is 1. The number of guanidine groups is 1. The number of nitrogens with zero attached hydrogens (tertiary/aromatic N) is 1. The second-order valence-electron chi connectivity index (χ2n) is 28.1. The highest BCUT2D eigenvalue weighted by molar-refractivity contribution is 7.98. The van der Waals surface area contributed by atoms with E-state index in [0.717, 1.165) is 6.92 Å². The molecule has 0 aromatic carbocycles. The number of rotatable bonds is 59. The van der Waals surface area contributed by atoms with Gasteiger partial charge in [0.15, 0.2) is 5.96 Å². The van der Waals surface area contributed by atoms with Crippen LogP contribution in [0, 0.1) is 23.7 Å². The molecule has 43 heteroatoms. The van der Waals surface area contributed by atoms with Gasteiger partial charge in [-0.1, -0.05) is 68.2 Å². The minimum Gasteiger partial charge on any atom is -0.481 e. The van der Waals surface area contributed by atoms with Gasteiger partial charge in [0.1, 0.15) is 66.5 Å². The van der Waals surface area contributed by atoms with E-state index in [2.05, 4.69) is 79.4 Å². The Morgan fingerprint density at radius 1 is 0.420 bits per heavy atom. The molecule has 0 bridgehead atoms. The number of carboxylic acids is 2. The summed E-state index contributed by atoms with van der Waals surface area (Å²) in [6.07, 6.45) is -0.0536. The van der Waals surface area contributed by atoms with E-state index in [1.807, 2.05) is 13.8 Å². The molecular weight excluding hydrogens is 1490 g/mol. The predicted molar refractivity (Wildman–Crippen MR) is 412 cm³/mol. The summed E-state index contributed by atoms with van der Waals surface area (Å²) in [5.41, 5.74) is 33.7. The Bertz CT molecular complexity index is 3130. The molecule has 638 valence electrons. The van der Waals surface area contributed by atoms with Crippen molar-refractivity contribution in [3.63, 3.8) is 0 Å². The number of hydrogen-bond donors (Lipinski definition) is 24. The zero-order chi connectivity index (χ0) is 85.5. The number of primary amides is 1. The lowest BCUT2D eigenvalue weighted by Gasteiger charge is -2.31. The molecule has 0 saturated carbocycles. The summed E-state index contributed by atoms with van der Waals surface area (Å²) in [6.45, 7) is 11.8. The molecule has 0 spiro atoms. The number of aliphatic hydroxyl groups is 2. The maximum atomic E-state index is 14.6. The van der Waals surface area contributed by atoms with Gasteiger partial charge in [0, 0.05) is 13.0 Å². The van der Waals surface area contributed by atoms with E-state index in [0.29, 0.717) is 19.3 Å². The van der Waals surface area contributed by atoms with Crippen LogP contribution >= 0.6 is 11.8 Å². The summed E-state index contributed by atoms with van der Waals surface area (Å²) < 4.78 is 0. The molecule has 15 amide bonds. The summed E-state index contributed by atoms with van der Waals surface area (Å²) in [5, 5.41) is 74.0. The van der Waals surface area contributed by atoms with Crippen LogP contribution in [0.1, 0.15) is 165 Å². The van der Waals surface area contributed by atoms with Gasteiger partial charge in [0.25, 0.3) is 0 Å². The van der Waals surface area contributed by atoms with E-state index < -0.39 is 236 Å². The lowest BCUT2D eigenvalue weighted by molar-refractivity contribution is -0.143. The van der Waals surface area contributed by atoms with Gasteiger partial charge in [-0.15, -0.1) is 0 Å². The van der Waals surface area contributed by atoms with Gasteiger partial charge >= 0.3 is 11.9 Å². The zero-order valence-corrected chi connectivity index (χ0v) is 66.7. The third kappa shape index (κ3) is 42.2. The molecule has 0 aliphatic rings. The standard InChI is InChI=1S/C69H125N21O21S/c1-11-37(7)54(65(107)85-43(19-14-16-25-71)61(103)82-42(18-13-15-24-70)60(102)84-45(23-27-112-10)62(104)83-44(21-22-49(73)93)63(105)90-56(39(9)92)67(109)86-47(68(110)111)29-36(5)6)89-66(108)55(38(8)12-2)88-64(106)46(30-53(97)98)81-51(95)32-77-50(94)31-79-58(100)48(34-91)87-59(101)41(20-17-26-76-69(74)75)80-52(96)33-78-57(99)40(72)28-35(3)4/h35-48,54-56,91-92H,11-34,70-72H2,1-10H3,(H2,73,93)(H,77,94)(H,78,99)(H,79,100)(H,80,96)(H,81,95)(H,82,103)(H,83,104)(H,84,102)(H,85,107)(H,86,109)(H,87,101)(H,88,106)(H,89,108)(H,90,105)(H,97,98)(H,110,111)(H4,74,75,76)/t37-,38-,39+,40-,41-,42-,43-,44-,45-,46-,47-,48-,54-,55-,56-/m0/s1. The second-order valence-corrected chi connectivity index (χ2v) is 29.1. The molecule has 0 rings (SSSR count). The molecule has 42 nitrogen and oxygen atoms in total. The molecular formula is C69H125N21O21S. The fourth-order valence-electron chi connectivity index (χ4n) is 10.7. The van der Waals surface area contributed by atoms with Crippen molar-refractivity contribution in [2.24, 2.45) is 63.1 Å². The number of carbonyl (C=O) groups excluding carboxylic acids is 15. The second kappa shape index (κ2) is 55.8. The molecule has 15 atom stereocenters. The van der Waals surface area contributed by atoms with Crippen LogP contribution in [0.25, 0.3) is 0 Å². The van der Waals surface area contributed by atoms with Gasteiger partial charge in [0.2, 0.25) is 88.6 Å². The fourth-order valence-corrected chi connectivity index (χ4v) is 11.2. The monoisotopic (exact) mass is 1620 g/mol. The topological polar surface area (TPSA) is 708 Å². The van der Waals surface area contributed by atoms with Crippen molar-refractivity contribution in [2.75, 3.05) is 57.9 Å². The van der Waals surface area contributed by atoms with Crippen LogP contribution in [-0.2, 0) is 81.5 Å². The molecule has 0 unspecified atom stereocenters. The van der Waals surface area contributed by atoms with Gasteiger partial charge in [-0.25, -0.2) is 4.79 Å². The average molecular weight is 1620 g/mol. The third-order valence-electron chi connectivity index (χ3n) is 17.5. The number of aliphatic imine (C=N–C) groups is 1. The number of aliphatic hydroxyl groups excluding tert-OH is 2. The first-order chi connectivity index (χ1) is 52.6. The van der Waals surface area contributed by atoms with Crippen molar-refractivity contribution in [1.29, 1.82) is 0 Å². The Morgan fingerprint density at radius 2 is 0.804 bits per heavy atom. The summed E-state index contributed by atoms with van der Waals surface area (Å²) in [7, 11) is 0. The highest BCUT2D eigenvalue weighted by atomic mass is 32.2. The van der Waals surface area contributed by atoms with Gasteiger partial charge in [-0.05, 0) is 133 Å². The summed E-state index contributed by atoms with van der Waals surface area (Å²) in [6, 6.07) is -17.9. The highest BCUT2D eigenvalue weighted by Gasteiger charge is 2.39. The Balaban J connectivity index is 6.71. The zero-order valence-electron chi connectivity index (χ0n) is 65.8. The van der Waals surface area contributed by atoms with Crippen LogP contribution in [0.3, 0.4) is 0 Å². The number of unbranched alkanes of at least 4 members (excludes halogenated alkanes) is 2. The van der Waals surface area contributed by atoms with Gasteiger partial charge < -0.3 is 129 Å². The van der Waals surface area contributed by atoms with Crippen molar-refractivity contribution in [1.82, 2.24) is 74.4 Å². The molecule has 0 aromatic rings. The van der Waals surface area contributed by atoms with E-state index in [1.54, 1.807) is 47.8 Å². The molecule has 30 N–H and O–H groups in total. The molecule has 0 heterocycles. The van der Waals surface area contributed by atoms with E-state index in [1.165, 1.54) is 11.8 Å². The number of amides is 15. The number of hydrogen-bond acceptors (Lipinski definition) is 24. The molecule has 0 aromatic heterocycles. The third-order valence-corrected chi connectivity index (χ3v) is 18.1. The van der Waals surface area contributed by atoms with Crippen molar-refractivity contribution in [3.8, 4) is 0 Å². The quantitative estimate of drug-likeness (QED) is 0.0153. The first-order valence-electron chi connectivity index (χ1n) is 37.5. The number of carbonyl (C=O) groups is 17. The Hall–Kier alpha value is -9.59. The molecule has 0 saturated heterocycles. The highest BCUT2D eigenvalue weighted by Crippen LogP contribution is 2.16. The summed E-state index contributed by atoms with van der Waals surface area (Å²) in [5.74, 6) is -19.0. The van der Waals surface area contributed by atoms with E-state index in [4.69, 9.17) is 34.4 Å². The van der Waals surface area contributed by atoms with E-state index >= 15 is 0 Å². The Morgan fingerprint density at radius 3 is 1.25 bits per heavy atom. The number of aliphatic carboxylic acids is 2. The van der Waals surface area contributed by atoms with Crippen LogP contribution in [0.4, 0.5) is 0 Å². The Kier molecular flexibility index (Phi) is 51.0. The van der Waals surface area contributed by atoms with Crippen LogP contribution in [0.2, 0.25) is 0 Å². The number of nitrogens with one attached hydrogen (secondary N) is 14. The normalized spacial score (nSPS) is 15.2. The summed E-state index contributed by atoms with van der Waals surface area (Å²) in [4.78, 5) is 232. The van der Waals surface area contributed by atoms with Crippen LogP contribution in [0.5, 0.6) is 0 Å². The molecule has 0 aliphatic heterocycles. The van der Waals surface area contributed by atoms with Crippen LogP contribution < -0.4 is 109 Å². The average Bonchev–Trinajstić information content (AvgIpc) is 0.842. The number of carboxylic acid groups (broad SMARTS) is 2. The molecule has 112 heavy (non-hydrogen) atoms. The lowest BCUT2D eigenvalue weighted by atomic mass is 9.94. The lowest BCUT2D eigenvalue weighted by Crippen LogP contribution is -2.62. The Labute approximate surface area is 656 Å². The summed E-state index contributed by atoms with van der Waals surface area (Å²) >= 11 is 1.28. The van der Waals surface area contributed by atoms with Crippen molar-refractivity contribution < 1.29 is 102 Å². The van der Waals surface area contributed by atoms with Crippen molar-refractivity contribution in [2.45, 2.75) is 244 Å². The first kappa shape index (κ1) is 102. The maximum absolute atomic E-state index is 14.6. The maximum Gasteiger partial charge on any atom is 0.326 e. The molecule has 0 fully saturated rings. The minimum atomic E-state index is -1.90. The minimum absolute atomic E-state index is 0.00288. The predicted octanol–water partition coefficient (Wildman–Crippen LogP) is -7.56. The van der Waals surface area contributed by atoms with Crippen LogP contribution in [-0.4, -0.2) is 263 Å². The number of nitrogens with two attached hydrogens (primary N) is 6. The molecule has 0 aliphatic carbocycles. The van der Waals surface area contributed by atoms with Gasteiger partial charge in [-0.3, -0.25) is 81.7 Å². The van der Waals surface area contributed by atoms with E-state index in [-0.39, 0.29) is 107 Å². The SMILES string of the molecule is CC[C@H](C)[C@H](NC(=O)[C@H](CC(=O)O)NC(=O)CNC(=O)CNC(=O)[C@H](CO)NC(=O)[C@H](CCCN=C(N)N)NC(=O)CNC(=O)[C@@H](N)CC(C)C)C(=O)N[C@H](C(=O)N[C@@H](CCCCN)C(=O)N[C@@H](CCCCN)C(=O)N[C@@H](CCSC)C(=O)N[C@@H](CCC(N)=O)C(=O)N[C@H](C(=O)N[C@@H](CC(C)C)C(=O)O)[C@@H](C)O)[C@@H](C)CC. The smallest absolute Gasteiger partial charge is 0.326 e. The first-order valence-corrected chi connectivity index (χ1v) is 38.9. The van der Waals surface area contributed by atoms with Crippen molar-refractivity contribution in [3.05, 3.63) is 0 Å². The fraction of sp³-hybridized carbons (Fsp3) is 0.739. The van der Waals surface area contributed by atoms with Gasteiger partial charge in [-0.2, -0.15) is 11.8 Å².